The van der Waals surface area contributed by atoms with Gasteiger partial charge in [-0.25, -0.2) is 5.43 Å². The van der Waals surface area contributed by atoms with Crippen molar-refractivity contribution in [1.82, 2.24) is 5.43 Å². The largest absolute Gasteiger partial charge is 0.493 e. The van der Waals surface area contributed by atoms with E-state index in [4.69, 9.17) is 9.47 Å². The van der Waals surface area contributed by atoms with Crippen LogP contribution in [-0.2, 0) is 16.0 Å². The molecule has 0 fully saturated rings. The molecule has 8 heteroatoms. The third-order valence-electron chi connectivity index (χ3n) is 4.27. The van der Waals surface area contributed by atoms with Crippen molar-refractivity contribution in [2.75, 3.05) is 38.5 Å². The molecular formula is C22H28N4O4. The molecule has 8 nitrogen and oxygen atoms in total. The van der Waals surface area contributed by atoms with Crippen LogP contribution in [-0.4, -0.2) is 45.8 Å². The number of carbonyl (C=O) groups excluding carboxylic acids is 2. The van der Waals surface area contributed by atoms with Gasteiger partial charge < -0.3 is 19.7 Å². The average Bonchev–Trinajstić information content (AvgIpc) is 2.72. The van der Waals surface area contributed by atoms with Gasteiger partial charge in [0.2, 0.25) is 11.8 Å². The van der Waals surface area contributed by atoms with Gasteiger partial charge in [-0.05, 0) is 48.9 Å². The molecule has 0 aromatic heterocycles. The molecule has 0 aliphatic carbocycles. The molecule has 30 heavy (non-hydrogen) atoms. The fourth-order valence-electron chi connectivity index (χ4n) is 2.69. The summed E-state index contributed by atoms with van der Waals surface area (Å²) in [6, 6.07) is 12.8. The second-order valence-electron chi connectivity index (χ2n) is 6.91. The molecule has 2 aromatic rings. The summed E-state index contributed by atoms with van der Waals surface area (Å²) in [5.41, 5.74) is 5.49. The molecule has 2 N–H and O–H groups in total. The number of rotatable bonds is 9. The molecule has 0 atom stereocenters. The molecule has 0 radical (unpaired) electrons. The number of hydrogen-bond donors (Lipinski definition) is 2. The molecule has 0 aliphatic heterocycles. The lowest BCUT2D eigenvalue weighted by Gasteiger charge is -2.13. The third-order valence-corrected chi connectivity index (χ3v) is 4.27. The van der Waals surface area contributed by atoms with Gasteiger partial charge in [-0.3, -0.25) is 9.59 Å². The number of nitrogens with one attached hydrogen (secondary N) is 2. The number of carbonyl (C=O) groups is 2. The van der Waals surface area contributed by atoms with Crippen LogP contribution in [0.15, 0.2) is 47.6 Å². The van der Waals surface area contributed by atoms with Gasteiger partial charge >= 0.3 is 0 Å². The van der Waals surface area contributed by atoms with E-state index < -0.39 is 0 Å². The van der Waals surface area contributed by atoms with Crippen LogP contribution < -0.4 is 25.1 Å². The molecule has 0 bridgehead atoms. The Balaban J connectivity index is 1.85. The number of nitrogens with zero attached hydrogens (tertiary/aromatic N) is 2. The van der Waals surface area contributed by atoms with Gasteiger partial charge in [0.05, 0.1) is 27.1 Å². The predicted molar refractivity (Wildman–Crippen MR) is 119 cm³/mol. The molecule has 2 rings (SSSR count). The van der Waals surface area contributed by atoms with E-state index in [0.29, 0.717) is 22.9 Å². The fourth-order valence-corrected chi connectivity index (χ4v) is 2.69. The summed E-state index contributed by atoms with van der Waals surface area (Å²) in [6.45, 7) is 1.69. The number of hydrogen-bond acceptors (Lipinski definition) is 6. The Labute approximate surface area is 176 Å². The van der Waals surface area contributed by atoms with Gasteiger partial charge in [-0.1, -0.05) is 6.07 Å². The second-order valence-corrected chi connectivity index (χ2v) is 6.91. The first-order chi connectivity index (χ1) is 14.3. The normalized spacial score (nSPS) is 10.9. The lowest BCUT2D eigenvalue weighted by atomic mass is 10.1. The van der Waals surface area contributed by atoms with Gasteiger partial charge in [0, 0.05) is 31.2 Å². The van der Waals surface area contributed by atoms with Crippen LogP contribution in [0, 0.1) is 0 Å². The Morgan fingerprint density at radius 1 is 0.967 bits per heavy atom. The van der Waals surface area contributed by atoms with E-state index in [1.807, 2.05) is 43.3 Å². The maximum atomic E-state index is 12.2. The molecule has 0 unspecified atom stereocenters. The third kappa shape index (κ3) is 6.80. The number of amides is 2. The van der Waals surface area contributed by atoms with Crippen LogP contribution in [0.5, 0.6) is 11.5 Å². The lowest BCUT2D eigenvalue weighted by Crippen LogP contribution is -2.23. The van der Waals surface area contributed by atoms with Crippen molar-refractivity contribution in [2.24, 2.45) is 5.10 Å². The standard InChI is InChI=1S/C22H28N4O4/c1-15(12-21(27)23-17-7-9-18(10-8-17)26(2)3)24-25-22(28)14-16-6-11-19(29-4)20(13-16)30-5/h6-11,13H,12,14H2,1-5H3,(H,23,27)(H,25,28). The Morgan fingerprint density at radius 3 is 2.23 bits per heavy atom. The molecule has 0 saturated heterocycles. The number of hydrazone groups is 1. The predicted octanol–water partition coefficient (Wildman–Crippen LogP) is 2.83. The SMILES string of the molecule is COc1ccc(CC(=O)NN=C(C)CC(=O)Nc2ccc(N(C)C)cc2)cc1OC. The van der Waals surface area contributed by atoms with Crippen molar-refractivity contribution < 1.29 is 19.1 Å². The average molecular weight is 412 g/mol. The van der Waals surface area contributed by atoms with Crippen LogP contribution in [0.3, 0.4) is 0 Å². The minimum absolute atomic E-state index is 0.0755. The van der Waals surface area contributed by atoms with Gasteiger partial charge in [0.25, 0.3) is 0 Å². The summed E-state index contributed by atoms with van der Waals surface area (Å²) in [4.78, 5) is 26.3. The van der Waals surface area contributed by atoms with E-state index in [1.54, 1.807) is 32.2 Å². The van der Waals surface area contributed by atoms with Crippen molar-refractivity contribution >= 4 is 28.9 Å². The monoisotopic (exact) mass is 412 g/mol. The van der Waals surface area contributed by atoms with E-state index in [9.17, 15) is 9.59 Å². The fraction of sp³-hybridized carbons (Fsp3) is 0.318. The van der Waals surface area contributed by atoms with Crippen LogP contribution >= 0.6 is 0 Å². The van der Waals surface area contributed by atoms with Crippen LogP contribution in [0.4, 0.5) is 11.4 Å². The van der Waals surface area contributed by atoms with Crippen molar-refractivity contribution in [3.05, 3.63) is 48.0 Å². The van der Waals surface area contributed by atoms with E-state index in [0.717, 1.165) is 11.3 Å². The van der Waals surface area contributed by atoms with E-state index >= 15 is 0 Å². The summed E-state index contributed by atoms with van der Waals surface area (Å²) < 4.78 is 10.4. The van der Waals surface area contributed by atoms with E-state index in [-0.39, 0.29) is 24.7 Å². The summed E-state index contributed by atoms with van der Waals surface area (Å²) >= 11 is 0. The molecular weight excluding hydrogens is 384 g/mol. The number of anilines is 2. The van der Waals surface area contributed by atoms with Gasteiger partial charge in [0.1, 0.15) is 0 Å². The number of ether oxygens (including phenoxy) is 2. The molecule has 2 amide bonds. The second kappa shape index (κ2) is 10.8. The van der Waals surface area contributed by atoms with Gasteiger partial charge in [0.15, 0.2) is 11.5 Å². The van der Waals surface area contributed by atoms with Crippen molar-refractivity contribution in [2.45, 2.75) is 19.8 Å². The molecule has 0 heterocycles. The number of benzene rings is 2. The molecule has 0 spiro atoms. The minimum atomic E-state index is -0.291. The Bertz CT molecular complexity index is 908. The summed E-state index contributed by atoms with van der Waals surface area (Å²) in [5, 5.41) is 6.82. The molecule has 2 aromatic carbocycles. The molecule has 0 aliphatic rings. The Kier molecular flexibility index (Phi) is 8.22. The van der Waals surface area contributed by atoms with E-state index in [2.05, 4.69) is 15.8 Å². The van der Waals surface area contributed by atoms with Crippen LogP contribution in [0.2, 0.25) is 0 Å². The zero-order chi connectivity index (χ0) is 22.1. The Hall–Kier alpha value is -3.55. The van der Waals surface area contributed by atoms with Crippen LogP contribution in [0.1, 0.15) is 18.9 Å². The zero-order valence-electron chi connectivity index (χ0n) is 18.0. The first kappa shape index (κ1) is 22.7. The van der Waals surface area contributed by atoms with Gasteiger partial charge in [-0.2, -0.15) is 5.10 Å². The highest BCUT2D eigenvalue weighted by Gasteiger charge is 2.09. The van der Waals surface area contributed by atoms with Crippen molar-refractivity contribution in [3.8, 4) is 11.5 Å². The lowest BCUT2D eigenvalue weighted by molar-refractivity contribution is -0.120. The highest BCUT2D eigenvalue weighted by atomic mass is 16.5. The smallest absolute Gasteiger partial charge is 0.244 e. The maximum Gasteiger partial charge on any atom is 0.244 e. The summed E-state index contributed by atoms with van der Waals surface area (Å²) in [7, 11) is 6.99. The highest BCUT2D eigenvalue weighted by Crippen LogP contribution is 2.27. The maximum absolute atomic E-state index is 12.2. The molecule has 0 saturated carbocycles. The zero-order valence-corrected chi connectivity index (χ0v) is 18.0. The van der Waals surface area contributed by atoms with Crippen molar-refractivity contribution in [3.63, 3.8) is 0 Å². The highest BCUT2D eigenvalue weighted by molar-refractivity contribution is 6.05. The topological polar surface area (TPSA) is 92.3 Å². The summed E-state index contributed by atoms with van der Waals surface area (Å²) in [6.07, 6.45) is 0.202. The van der Waals surface area contributed by atoms with Crippen LogP contribution in [0.25, 0.3) is 0 Å². The van der Waals surface area contributed by atoms with Gasteiger partial charge in [-0.15, -0.1) is 0 Å². The minimum Gasteiger partial charge on any atom is -0.493 e. The van der Waals surface area contributed by atoms with Crippen molar-refractivity contribution in [1.29, 1.82) is 0 Å². The molecule has 160 valence electrons. The van der Waals surface area contributed by atoms with E-state index in [1.165, 1.54) is 7.11 Å². The first-order valence-electron chi connectivity index (χ1n) is 9.42. The summed E-state index contributed by atoms with van der Waals surface area (Å²) in [5.74, 6) is 0.653. The number of methoxy groups -OCH3 is 2. The Morgan fingerprint density at radius 2 is 1.63 bits per heavy atom. The quantitative estimate of drug-likeness (QED) is 0.488. The first-order valence-corrected chi connectivity index (χ1v) is 9.42.